The number of thiazole rings is 1. The van der Waals surface area contributed by atoms with Gasteiger partial charge >= 0.3 is 0 Å². The summed E-state index contributed by atoms with van der Waals surface area (Å²) in [7, 11) is 0. The smallest absolute Gasteiger partial charge is 0.0798 e. The Labute approximate surface area is 114 Å². The fourth-order valence-corrected chi connectivity index (χ4v) is 4.18. The Morgan fingerprint density at radius 1 is 1.44 bits per heavy atom. The van der Waals surface area contributed by atoms with Gasteiger partial charge in [-0.2, -0.15) is 0 Å². The Morgan fingerprint density at radius 2 is 2.39 bits per heavy atom. The topological polar surface area (TPSA) is 28.2 Å². The van der Waals surface area contributed by atoms with Gasteiger partial charge in [0.2, 0.25) is 0 Å². The van der Waals surface area contributed by atoms with Crippen molar-refractivity contribution in [2.75, 3.05) is 19.6 Å². The van der Waals surface area contributed by atoms with Crippen LogP contribution < -0.4 is 5.32 Å². The van der Waals surface area contributed by atoms with Gasteiger partial charge in [0.1, 0.15) is 0 Å². The molecule has 1 aromatic rings. The molecule has 2 aliphatic heterocycles. The molecule has 2 unspecified atom stereocenters. The molecule has 2 saturated heterocycles. The quantitative estimate of drug-likeness (QED) is 0.910. The second-order valence-corrected chi connectivity index (χ2v) is 6.64. The molecule has 3 heterocycles. The molecule has 0 aliphatic carbocycles. The van der Waals surface area contributed by atoms with Crippen molar-refractivity contribution in [3.63, 3.8) is 0 Å². The van der Waals surface area contributed by atoms with E-state index in [0.717, 1.165) is 18.5 Å². The van der Waals surface area contributed by atoms with E-state index < -0.39 is 0 Å². The van der Waals surface area contributed by atoms with Crippen LogP contribution in [0.15, 0.2) is 5.51 Å². The van der Waals surface area contributed by atoms with E-state index in [2.05, 4.69) is 22.1 Å². The Hall–Kier alpha value is -0.450. The van der Waals surface area contributed by atoms with Crippen LogP contribution in [0.4, 0.5) is 0 Å². The van der Waals surface area contributed by atoms with Crippen LogP contribution in [-0.4, -0.2) is 35.6 Å². The first-order chi connectivity index (χ1) is 8.83. The summed E-state index contributed by atoms with van der Waals surface area (Å²) in [4.78, 5) is 8.45. The lowest BCUT2D eigenvalue weighted by Crippen LogP contribution is -2.43. The average molecular weight is 265 g/mol. The summed E-state index contributed by atoms with van der Waals surface area (Å²) in [6, 6.07) is 0.787. The zero-order valence-electron chi connectivity index (χ0n) is 11.2. The summed E-state index contributed by atoms with van der Waals surface area (Å²) in [5.74, 6) is 0.870. The van der Waals surface area contributed by atoms with Gasteiger partial charge in [-0.1, -0.05) is 0 Å². The SMILES string of the molecule is Cc1ncsc1CN1CCCC(C2CCCN2)C1. The summed E-state index contributed by atoms with van der Waals surface area (Å²) in [6.07, 6.45) is 5.53. The molecule has 0 saturated carbocycles. The Bertz CT molecular complexity index is 384. The van der Waals surface area contributed by atoms with Crippen LogP contribution in [0.3, 0.4) is 0 Å². The molecule has 0 spiro atoms. The highest BCUT2D eigenvalue weighted by Crippen LogP contribution is 2.26. The molecule has 2 aliphatic rings. The number of hydrogen-bond acceptors (Lipinski definition) is 4. The van der Waals surface area contributed by atoms with Crippen LogP contribution in [0.5, 0.6) is 0 Å². The Morgan fingerprint density at radius 3 is 3.11 bits per heavy atom. The normalized spacial score (nSPS) is 29.8. The van der Waals surface area contributed by atoms with Crippen molar-refractivity contribution >= 4 is 11.3 Å². The fourth-order valence-electron chi connectivity index (χ4n) is 3.36. The molecule has 0 radical (unpaired) electrons. The van der Waals surface area contributed by atoms with E-state index in [4.69, 9.17) is 0 Å². The number of nitrogens with one attached hydrogen (secondary N) is 1. The number of hydrogen-bond donors (Lipinski definition) is 1. The fraction of sp³-hybridized carbons (Fsp3) is 0.786. The summed E-state index contributed by atoms with van der Waals surface area (Å²) in [5.41, 5.74) is 3.20. The summed E-state index contributed by atoms with van der Waals surface area (Å²) < 4.78 is 0. The zero-order chi connectivity index (χ0) is 12.4. The molecule has 4 heteroatoms. The van der Waals surface area contributed by atoms with Crippen molar-refractivity contribution in [3.8, 4) is 0 Å². The number of aryl methyl sites for hydroxylation is 1. The standard InChI is InChI=1S/C14H23N3S/c1-11-14(18-10-16-11)9-17-7-3-4-12(8-17)13-5-2-6-15-13/h10,12-13,15H,2-9H2,1H3. The first-order valence-electron chi connectivity index (χ1n) is 7.17. The molecule has 0 bridgehead atoms. The van der Waals surface area contributed by atoms with Gasteiger partial charge in [-0.25, -0.2) is 4.98 Å². The van der Waals surface area contributed by atoms with E-state index in [-0.39, 0.29) is 0 Å². The van der Waals surface area contributed by atoms with Gasteiger partial charge in [0.05, 0.1) is 11.2 Å². The number of rotatable bonds is 3. The van der Waals surface area contributed by atoms with Crippen molar-refractivity contribution in [2.24, 2.45) is 5.92 Å². The first-order valence-corrected chi connectivity index (χ1v) is 8.05. The van der Waals surface area contributed by atoms with Gasteiger partial charge in [-0.15, -0.1) is 11.3 Å². The van der Waals surface area contributed by atoms with Gasteiger partial charge in [0, 0.05) is 24.0 Å². The van der Waals surface area contributed by atoms with Gasteiger partial charge in [0.25, 0.3) is 0 Å². The number of piperidine rings is 1. The lowest BCUT2D eigenvalue weighted by atomic mass is 9.90. The zero-order valence-corrected chi connectivity index (χ0v) is 12.0. The molecule has 1 aromatic heterocycles. The van der Waals surface area contributed by atoms with Crippen LogP contribution in [-0.2, 0) is 6.54 Å². The molecule has 0 amide bonds. The minimum absolute atomic E-state index is 0.787. The molecule has 2 fully saturated rings. The third-order valence-electron chi connectivity index (χ3n) is 4.42. The van der Waals surface area contributed by atoms with Crippen molar-refractivity contribution < 1.29 is 0 Å². The molecule has 3 nitrogen and oxygen atoms in total. The maximum absolute atomic E-state index is 4.36. The molecular weight excluding hydrogens is 242 g/mol. The lowest BCUT2D eigenvalue weighted by molar-refractivity contribution is 0.146. The molecule has 3 rings (SSSR count). The third-order valence-corrected chi connectivity index (χ3v) is 5.34. The number of nitrogens with zero attached hydrogens (tertiary/aromatic N) is 2. The van der Waals surface area contributed by atoms with Crippen molar-refractivity contribution in [2.45, 2.75) is 45.2 Å². The second-order valence-electron chi connectivity index (χ2n) is 5.70. The van der Waals surface area contributed by atoms with Gasteiger partial charge in [-0.05, 0) is 51.6 Å². The minimum atomic E-state index is 0.787. The van der Waals surface area contributed by atoms with E-state index in [1.165, 1.54) is 55.9 Å². The molecule has 100 valence electrons. The van der Waals surface area contributed by atoms with Crippen LogP contribution in [0, 0.1) is 12.8 Å². The number of aromatic nitrogens is 1. The Balaban J connectivity index is 1.58. The molecule has 18 heavy (non-hydrogen) atoms. The molecule has 1 N–H and O–H groups in total. The highest BCUT2D eigenvalue weighted by molar-refractivity contribution is 7.09. The third kappa shape index (κ3) is 2.76. The van der Waals surface area contributed by atoms with E-state index in [1.54, 1.807) is 0 Å². The van der Waals surface area contributed by atoms with E-state index in [0.29, 0.717) is 0 Å². The van der Waals surface area contributed by atoms with E-state index >= 15 is 0 Å². The second kappa shape index (κ2) is 5.68. The highest BCUT2D eigenvalue weighted by Gasteiger charge is 2.29. The largest absolute Gasteiger partial charge is 0.314 e. The summed E-state index contributed by atoms with van der Waals surface area (Å²) in [6.45, 7) is 7.01. The lowest BCUT2D eigenvalue weighted by Gasteiger charge is -2.35. The summed E-state index contributed by atoms with van der Waals surface area (Å²) >= 11 is 1.81. The molecule has 2 atom stereocenters. The van der Waals surface area contributed by atoms with E-state index in [9.17, 15) is 0 Å². The highest BCUT2D eigenvalue weighted by atomic mass is 32.1. The van der Waals surface area contributed by atoms with Crippen molar-refractivity contribution in [1.29, 1.82) is 0 Å². The predicted octanol–water partition coefficient (Wildman–Crippen LogP) is 2.42. The van der Waals surface area contributed by atoms with Gasteiger partial charge in [-0.3, -0.25) is 4.90 Å². The van der Waals surface area contributed by atoms with Crippen molar-refractivity contribution in [1.82, 2.24) is 15.2 Å². The maximum atomic E-state index is 4.36. The van der Waals surface area contributed by atoms with Crippen molar-refractivity contribution in [3.05, 3.63) is 16.1 Å². The van der Waals surface area contributed by atoms with Crippen LogP contribution in [0.2, 0.25) is 0 Å². The molecular formula is C14H23N3S. The van der Waals surface area contributed by atoms with Crippen LogP contribution in [0.25, 0.3) is 0 Å². The Kier molecular flexibility index (Phi) is 3.97. The monoisotopic (exact) mass is 265 g/mol. The van der Waals surface area contributed by atoms with E-state index in [1.807, 2.05) is 16.8 Å². The maximum Gasteiger partial charge on any atom is 0.0798 e. The average Bonchev–Trinajstić information content (AvgIpc) is 3.02. The first kappa shape index (κ1) is 12.6. The predicted molar refractivity (Wildman–Crippen MR) is 75.9 cm³/mol. The number of likely N-dealkylation sites (tertiary alicyclic amines) is 1. The van der Waals surface area contributed by atoms with Crippen LogP contribution in [0.1, 0.15) is 36.3 Å². The van der Waals surface area contributed by atoms with Crippen LogP contribution >= 0.6 is 11.3 Å². The van der Waals surface area contributed by atoms with Gasteiger partial charge < -0.3 is 5.32 Å². The minimum Gasteiger partial charge on any atom is -0.314 e. The molecule has 0 aromatic carbocycles. The summed E-state index contributed by atoms with van der Waals surface area (Å²) in [5, 5.41) is 3.68. The van der Waals surface area contributed by atoms with Gasteiger partial charge in [0.15, 0.2) is 0 Å².